The van der Waals surface area contributed by atoms with Gasteiger partial charge in [-0.15, -0.1) is 0 Å². The van der Waals surface area contributed by atoms with Crippen LogP contribution in [0.25, 0.3) is 0 Å². The largest absolute Gasteiger partial charge is 0.545 e. The van der Waals surface area contributed by atoms with Crippen molar-refractivity contribution in [3.8, 4) is 0 Å². The first-order valence-corrected chi connectivity index (χ1v) is 10.2. The summed E-state index contributed by atoms with van der Waals surface area (Å²) in [5, 5.41) is 20.6. The molecule has 166 valence electrons. The highest BCUT2D eigenvalue weighted by molar-refractivity contribution is 5.99. The van der Waals surface area contributed by atoms with E-state index in [2.05, 4.69) is 52.0 Å². The van der Waals surface area contributed by atoms with Gasteiger partial charge in [0.1, 0.15) is 13.1 Å². The zero-order valence-corrected chi connectivity index (χ0v) is 19.0. The first kappa shape index (κ1) is 25.5. The first-order chi connectivity index (χ1) is 14.0. The van der Waals surface area contributed by atoms with E-state index < -0.39 is 11.9 Å². The number of aliphatic imine (C=N–C) groups is 2. The van der Waals surface area contributed by atoms with E-state index in [-0.39, 0.29) is 11.1 Å². The van der Waals surface area contributed by atoms with E-state index in [0.717, 1.165) is 47.0 Å². The number of rotatable bonds is 4. The Kier molecular flexibility index (Phi) is 9.32. The predicted octanol–water partition coefficient (Wildman–Crippen LogP) is 0.183. The average Bonchev–Trinajstić information content (AvgIpc) is 3.21. The highest BCUT2D eigenvalue weighted by atomic mass is 16.4. The molecule has 0 radical (unpaired) electrons. The van der Waals surface area contributed by atoms with Crippen molar-refractivity contribution in [2.45, 2.75) is 26.7 Å². The van der Waals surface area contributed by atoms with E-state index >= 15 is 0 Å². The van der Waals surface area contributed by atoms with Gasteiger partial charge >= 0.3 is 0 Å². The van der Waals surface area contributed by atoms with Crippen LogP contribution >= 0.6 is 0 Å². The predicted molar refractivity (Wildman–Crippen MR) is 114 cm³/mol. The first-order valence-electron chi connectivity index (χ1n) is 10.2. The van der Waals surface area contributed by atoms with Gasteiger partial charge in [0.25, 0.3) is 0 Å². The van der Waals surface area contributed by atoms with Crippen LogP contribution in [0.3, 0.4) is 0 Å². The summed E-state index contributed by atoms with van der Waals surface area (Å²) >= 11 is 0. The molecule has 3 rings (SSSR count). The van der Waals surface area contributed by atoms with Crippen LogP contribution < -0.4 is 10.2 Å². The summed E-state index contributed by atoms with van der Waals surface area (Å²) in [6.07, 6.45) is 2.21. The number of carboxylic acid groups (broad SMARTS) is 2. The molecule has 0 aromatic heterocycles. The number of carbonyl (C=O) groups excluding carboxylic acids is 2. The minimum Gasteiger partial charge on any atom is -0.545 e. The number of hydrogen-bond acceptors (Lipinski definition) is 6. The highest BCUT2D eigenvalue weighted by Crippen LogP contribution is 2.10. The molecule has 0 saturated carbocycles. The molecule has 8 nitrogen and oxygen atoms in total. The molecule has 0 fully saturated rings. The van der Waals surface area contributed by atoms with Crippen LogP contribution in [0.5, 0.6) is 0 Å². The van der Waals surface area contributed by atoms with Crippen LogP contribution in [0.15, 0.2) is 34.3 Å². The summed E-state index contributed by atoms with van der Waals surface area (Å²) in [5.41, 5.74) is -0.727. The molecule has 0 unspecified atom stereocenters. The van der Waals surface area contributed by atoms with Crippen LogP contribution in [-0.2, 0) is 0 Å². The van der Waals surface area contributed by atoms with Gasteiger partial charge in [0.15, 0.2) is 11.7 Å². The zero-order valence-electron chi connectivity index (χ0n) is 19.0. The molecule has 2 aliphatic heterocycles. The number of hydrogen-bond donors (Lipinski definition) is 0. The van der Waals surface area contributed by atoms with Crippen molar-refractivity contribution in [2.24, 2.45) is 9.98 Å². The zero-order chi connectivity index (χ0) is 22.9. The van der Waals surface area contributed by atoms with Crippen molar-refractivity contribution in [1.82, 2.24) is 0 Å². The third kappa shape index (κ3) is 7.03. The van der Waals surface area contributed by atoms with Gasteiger partial charge in [-0.1, -0.05) is 38.1 Å². The Bertz CT molecular complexity index is 746. The topological polar surface area (TPSA) is 105 Å². The lowest BCUT2D eigenvalue weighted by Crippen LogP contribution is -2.42. The highest BCUT2D eigenvalue weighted by Gasteiger charge is 2.27. The van der Waals surface area contributed by atoms with Gasteiger partial charge in [-0.3, -0.25) is 8.97 Å². The quantitative estimate of drug-likeness (QED) is 0.651. The van der Waals surface area contributed by atoms with Gasteiger partial charge in [-0.05, 0) is 0 Å². The molecule has 0 spiro atoms. The third-order valence-electron chi connectivity index (χ3n) is 5.30. The molecular weight excluding hydrogens is 384 g/mol. The van der Waals surface area contributed by atoms with E-state index in [0.29, 0.717) is 0 Å². The number of aromatic carboxylic acids is 2. The van der Waals surface area contributed by atoms with E-state index in [9.17, 15) is 19.8 Å². The minimum atomic E-state index is -1.52. The van der Waals surface area contributed by atoms with Gasteiger partial charge in [-0.2, -0.15) is 0 Å². The van der Waals surface area contributed by atoms with Crippen molar-refractivity contribution in [3.63, 3.8) is 0 Å². The van der Waals surface area contributed by atoms with Gasteiger partial charge < -0.3 is 19.8 Å². The Morgan fingerprint density at radius 2 is 1.13 bits per heavy atom. The number of amidine groups is 2. The van der Waals surface area contributed by atoms with Crippen LogP contribution in [0.4, 0.5) is 0 Å². The Hall–Kier alpha value is -2.58. The lowest BCUT2D eigenvalue weighted by Gasteiger charge is -2.23. The second-order valence-electron chi connectivity index (χ2n) is 8.24. The maximum absolute atomic E-state index is 10.3. The van der Waals surface area contributed by atoms with Crippen LogP contribution in [0.2, 0.25) is 0 Å². The van der Waals surface area contributed by atoms with E-state index in [1.165, 1.54) is 36.9 Å². The van der Waals surface area contributed by atoms with Crippen LogP contribution in [-0.4, -0.2) is 86.9 Å². The maximum atomic E-state index is 10.3. The van der Waals surface area contributed by atoms with Crippen molar-refractivity contribution in [3.05, 3.63) is 35.4 Å². The summed E-state index contributed by atoms with van der Waals surface area (Å²) in [6, 6.07) is 5.14. The van der Waals surface area contributed by atoms with E-state index in [1.807, 2.05) is 0 Å². The Labute approximate surface area is 179 Å². The molecule has 0 aliphatic carbocycles. The minimum absolute atomic E-state index is 0.363. The standard InChI is InChI=1S/C8H6O4.2C7H15N2/c9-7(10)5-3-1-2-4-6(5)8(11)12;2*1-4-7-8-5-6-9(7,2)3/h1-4H,(H,9,10)(H,11,12);2*4-6H2,1-3H3/q;2*+1/p-2. The van der Waals surface area contributed by atoms with Gasteiger partial charge in [0.2, 0.25) is 0 Å². The SMILES string of the molecule is CCC1=NCC[N+]1(C)C.CCC1=NCC[N+]1(C)C.O=C([O-])c1ccccc1C(=O)[O-]. The Balaban J connectivity index is 0.000000229. The number of carbonyl (C=O) groups is 2. The molecule has 0 saturated heterocycles. The number of benzene rings is 1. The van der Waals surface area contributed by atoms with Crippen molar-refractivity contribution in [2.75, 3.05) is 54.4 Å². The summed E-state index contributed by atoms with van der Waals surface area (Å²) in [7, 11) is 8.87. The molecule has 8 heteroatoms. The molecule has 1 aromatic rings. The Morgan fingerprint density at radius 3 is 1.30 bits per heavy atom. The molecule has 0 N–H and O–H groups in total. The molecule has 0 bridgehead atoms. The fourth-order valence-electron chi connectivity index (χ4n) is 3.42. The smallest absolute Gasteiger partial charge is 0.197 e. The van der Waals surface area contributed by atoms with Crippen molar-refractivity contribution in [1.29, 1.82) is 0 Å². The van der Waals surface area contributed by atoms with Crippen molar-refractivity contribution < 1.29 is 28.8 Å². The lowest BCUT2D eigenvalue weighted by molar-refractivity contribution is -0.793. The summed E-state index contributed by atoms with van der Waals surface area (Å²) in [4.78, 5) is 29.4. The summed E-state index contributed by atoms with van der Waals surface area (Å²) < 4.78 is 2.02. The number of quaternary nitrogens is 2. The van der Waals surface area contributed by atoms with Gasteiger partial charge in [0.05, 0.1) is 53.2 Å². The molecule has 2 aliphatic rings. The third-order valence-corrected chi connectivity index (χ3v) is 5.30. The van der Waals surface area contributed by atoms with Gasteiger partial charge in [-0.25, -0.2) is 9.98 Å². The Morgan fingerprint density at radius 1 is 0.800 bits per heavy atom. The van der Waals surface area contributed by atoms with Gasteiger partial charge in [0, 0.05) is 24.0 Å². The lowest BCUT2D eigenvalue weighted by atomic mass is 10.1. The fraction of sp³-hybridized carbons (Fsp3) is 0.545. The van der Waals surface area contributed by atoms with Crippen LogP contribution in [0.1, 0.15) is 47.4 Å². The summed E-state index contributed by atoms with van der Waals surface area (Å²) in [5.74, 6) is -0.352. The molecule has 0 atom stereocenters. The molecule has 30 heavy (non-hydrogen) atoms. The fourth-order valence-corrected chi connectivity index (χ4v) is 3.42. The van der Waals surface area contributed by atoms with Crippen molar-refractivity contribution >= 4 is 23.6 Å². The summed E-state index contributed by atoms with van der Waals surface area (Å²) in [6.45, 7) is 8.76. The number of nitrogens with zero attached hydrogens (tertiary/aromatic N) is 4. The molecular formula is C22H34N4O4. The van der Waals surface area contributed by atoms with E-state index in [4.69, 9.17) is 0 Å². The number of likely N-dealkylation sites (N-methyl/N-ethyl adjacent to an activating group) is 2. The maximum Gasteiger partial charge on any atom is 0.197 e. The molecule has 0 amide bonds. The monoisotopic (exact) mass is 418 g/mol. The average molecular weight is 419 g/mol. The normalized spacial score (nSPS) is 18.2. The molecule has 2 heterocycles. The second-order valence-corrected chi connectivity index (χ2v) is 8.24. The second kappa shape index (κ2) is 11.0. The molecule has 1 aromatic carbocycles. The van der Waals surface area contributed by atoms with Crippen LogP contribution in [0, 0.1) is 0 Å². The van der Waals surface area contributed by atoms with E-state index in [1.54, 1.807) is 0 Å². The number of carboxylic acids is 2.